The molecule has 0 unspecified atom stereocenters. The van der Waals surface area contributed by atoms with Gasteiger partial charge in [0.15, 0.2) is 5.78 Å². The summed E-state index contributed by atoms with van der Waals surface area (Å²) in [6.07, 6.45) is -0.248. The van der Waals surface area contributed by atoms with Crippen molar-refractivity contribution in [3.8, 4) is 11.1 Å². The van der Waals surface area contributed by atoms with Gasteiger partial charge in [0.25, 0.3) is 0 Å². The highest BCUT2D eigenvalue weighted by molar-refractivity contribution is 5.94. The molecule has 8 nitrogen and oxygen atoms in total. The smallest absolute Gasteiger partial charge is 0.407 e. The van der Waals surface area contributed by atoms with Crippen LogP contribution in [0.25, 0.3) is 11.1 Å². The number of benzene rings is 2. The summed E-state index contributed by atoms with van der Waals surface area (Å²) in [5, 5.41) is 2.77. The maximum Gasteiger partial charge on any atom is 0.407 e. The largest absolute Gasteiger partial charge is 0.449 e. The van der Waals surface area contributed by atoms with Crippen molar-refractivity contribution in [2.45, 2.75) is 65.1 Å². The Kier molecular flexibility index (Phi) is 8.19. The van der Waals surface area contributed by atoms with E-state index in [4.69, 9.17) is 4.74 Å². The lowest BCUT2D eigenvalue weighted by Crippen LogP contribution is -2.63. The molecule has 202 valence electrons. The molecule has 0 radical (unpaired) electrons. The fourth-order valence-electron chi connectivity index (χ4n) is 5.47. The molecule has 38 heavy (non-hydrogen) atoms. The highest BCUT2D eigenvalue weighted by Crippen LogP contribution is 2.44. The Morgan fingerprint density at radius 1 is 0.974 bits per heavy atom. The third kappa shape index (κ3) is 5.44. The fraction of sp³-hybridized carbons (Fsp3) is 0.467. The first kappa shape index (κ1) is 27.4. The average Bonchev–Trinajstić information content (AvgIpc) is 3.21. The van der Waals surface area contributed by atoms with Gasteiger partial charge in [-0.25, -0.2) is 4.79 Å². The van der Waals surface area contributed by atoms with Gasteiger partial charge in [-0.05, 0) is 55.4 Å². The molecule has 8 heteroatoms. The number of nitrogens with one attached hydrogen (secondary N) is 1. The first-order chi connectivity index (χ1) is 18.1. The minimum Gasteiger partial charge on any atom is -0.449 e. The Balaban J connectivity index is 1.43. The van der Waals surface area contributed by atoms with Crippen molar-refractivity contribution in [1.29, 1.82) is 0 Å². The number of ether oxygens (including phenoxy) is 1. The number of hydrogen-bond donors (Lipinski definition) is 1. The number of rotatable bonds is 8. The van der Waals surface area contributed by atoms with Gasteiger partial charge in [-0.3, -0.25) is 14.4 Å². The van der Waals surface area contributed by atoms with Crippen LogP contribution in [-0.4, -0.2) is 71.3 Å². The molecule has 4 rings (SSSR count). The first-order valence-corrected chi connectivity index (χ1v) is 13.3. The zero-order chi connectivity index (χ0) is 27.6. The predicted octanol–water partition coefficient (Wildman–Crippen LogP) is 3.98. The van der Waals surface area contributed by atoms with E-state index in [0.717, 1.165) is 22.3 Å². The van der Waals surface area contributed by atoms with Crippen LogP contribution in [0.4, 0.5) is 4.79 Å². The lowest BCUT2D eigenvalue weighted by molar-refractivity contribution is -0.155. The van der Waals surface area contributed by atoms with Crippen LogP contribution < -0.4 is 5.32 Å². The van der Waals surface area contributed by atoms with Gasteiger partial charge < -0.3 is 19.9 Å². The molecule has 0 saturated carbocycles. The number of amides is 3. The second-order valence-corrected chi connectivity index (χ2v) is 10.7. The van der Waals surface area contributed by atoms with Crippen LogP contribution in [0.2, 0.25) is 0 Å². The zero-order valence-electron chi connectivity index (χ0n) is 22.8. The van der Waals surface area contributed by atoms with E-state index in [2.05, 4.69) is 29.6 Å². The number of nitrogens with zero attached hydrogens (tertiary/aromatic N) is 2. The maximum atomic E-state index is 13.5. The van der Waals surface area contributed by atoms with Crippen LogP contribution in [0.3, 0.4) is 0 Å². The molecule has 3 atom stereocenters. The number of ketones is 1. The van der Waals surface area contributed by atoms with E-state index in [9.17, 15) is 19.2 Å². The van der Waals surface area contributed by atoms with E-state index in [0.29, 0.717) is 13.0 Å². The summed E-state index contributed by atoms with van der Waals surface area (Å²) in [5.74, 6) is -0.635. The minimum absolute atomic E-state index is 0.0820. The van der Waals surface area contributed by atoms with Crippen LogP contribution in [0, 0.1) is 5.92 Å². The van der Waals surface area contributed by atoms with Crippen LogP contribution in [0.1, 0.15) is 58.1 Å². The van der Waals surface area contributed by atoms with Crippen molar-refractivity contribution >= 4 is 23.7 Å². The Bertz CT molecular complexity index is 1180. The summed E-state index contributed by atoms with van der Waals surface area (Å²) in [6, 6.07) is 14.1. The zero-order valence-corrected chi connectivity index (χ0v) is 22.8. The number of fused-ring (bicyclic) bond motifs is 3. The highest BCUT2D eigenvalue weighted by Gasteiger charge is 2.40. The molecule has 2 aromatic rings. The van der Waals surface area contributed by atoms with Crippen molar-refractivity contribution in [1.82, 2.24) is 15.1 Å². The SMILES string of the molecule is CC(=O)[C@H](C)N1CCN(C(=O)[C@H](CC(C)C)NC(=O)OCC2c3ccccc3-c3ccccc32)[C@@H](C)C1=O. The van der Waals surface area contributed by atoms with Crippen LogP contribution >= 0.6 is 0 Å². The highest BCUT2D eigenvalue weighted by atomic mass is 16.5. The number of Topliss-reactive ketones (excluding diaryl/α,β-unsaturated/α-hetero) is 1. The molecule has 2 aliphatic rings. The second-order valence-electron chi connectivity index (χ2n) is 10.7. The Morgan fingerprint density at radius 3 is 2.11 bits per heavy atom. The topological polar surface area (TPSA) is 96.0 Å². The van der Waals surface area contributed by atoms with Crippen molar-refractivity contribution in [2.75, 3.05) is 19.7 Å². The van der Waals surface area contributed by atoms with Crippen molar-refractivity contribution in [3.63, 3.8) is 0 Å². The molecule has 1 saturated heterocycles. The van der Waals surface area contributed by atoms with Gasteiger partial charge in [-0.2, -0.15) is 0 Å². The summed E-state index contributed by atoms with van der Waals surface area (Å²) in [4.78, 5) is 54.3. The molecule has 3 amide bonds. The molecular weight excluding hydrogens is 482 g/mol. The predicted molar refractivity (Wildman–Crippen MR) is 144 cm³/mol. The number of hydrogen-bond acceptors (Lipinski definition) is 5. The summed E-state index contributed by atoms with van der Waals surface area (Å²) in [6.45, 7) is 9.49. The molecule has 0 bridgehead atoms. The molecule has 1 heterocycles. The molecule has 1 aliphatic heterocycles. The van der Waals surface area contributed by atoms with E-state index in [1.54, 1.807) is 13.8 Å². The molecule has 0 spiro atoms. The van der Waals surface area contributed by atoms with Crippen molar-refractivity contribution in [3.05, 3.63) is 59.7 Å². The summed E-state index contributed by atoms with van der Waals surface area (Å²) in [7, 11) is 0. The van der Waals surface area contributed by atoms with Gasteiger partial charge in [0.2, 0.25) is 11.8 Å². The van der Waals surface area contributed by atoms with E-state index in [1.807, 2.05) is 38.1 Å². The third-order valence-electron chi connectivity index (χ3n) is 7.67. The maximum absolute atomic E-state index is 13.5. The van der Waals surface area contributed by atoms with Gasteiger partial charge in [-0.15, -0.1) is 0 Å². The van der Waals surface area contributed by atoms with Gasteiger partial charge in [0, 0.05) is 19.0 Å². The Hall–Kier alpha value is -3.68. The second kappa shape index (κ2) is 11.4. The third-order valence-corrected chi connectivity index (χ3v) is 7.67. The van der Waals surface area contributed by atoms with Crippen LogP contribution in [0.5, 0.6) is 0 Å². The van der Waals surface area contributed by atoms with Gasteiger partial charge in [-0.1, -0.05) is 62.4 Å². The first-order valence-electron chi connectivity index (χ1n) is 13.3. The van der Waals surface area contributed by atoms with Gasteiger partial charge in [0.1, 0.15) is 18.7 Å². The summed E-state index contributed by atoms with van der Waals surface area (Å²) >= 11 is 0. The van der Waals surface area contributed by atoms with Gasteiger partial charge >= 0.3 is 6.09 Å². The monoisotopic (exact) mass is 519 g/mol. The van der Waals surface area contributed by atoms with E-state index in [1.165, 1.54) is 16.7 Å². The quantitative estimate of drug-likeness (QED) is 0.569. The Labute approximate surface area is 224 Å². The molecule has 2 aromatic carbocycles. The normalized spacial score (nSPS) is 18.6. The molecule has 1 fully saturated rings. The molecular formula is C30H37N3O5. The van der Waals surface area contributed by atoms with Crippen molar-refractivity contribution in [2.24, 2.45) is 5.92 Å². The van der Waals surface area contributed by atoms with E-state index in [-0.39, 0.29) is 42.6 Å². The standard InChI is InChI=1S/C30H37N3O5/c1-18(2)16-27(29(36)33-15-14-32(19(3)21(5)34)28(35)20(33)4)31-30(37)38-17-26-24-12-8-6-10-22(24)23-11-7-9-13-25(23)26/h6-13,18-20,26-27H,14-17H2,1-5H3,(H,31,37)/t19-,20-,27-/m0/s1. The van der Waals surface area contributed by atoms with Crippen molar-refractivity contribution < 1.29 is 23.9 Å². The Morgan fingerprint density at radius 2 is 1.55 bits per heavy atom. The minimum atomic E-state index is -0.822. The molecule has 0 aromatic heterocycles. The van der Waals surface area contributed by atoms with Crippen LogP contribution in [0.15, 0.2) is 48.5 Å². The lowest BCUT2D eigenvalue weighted by atomic mass is 9.98. The fourth-order valence-corrected chi connectivity index (χ4v) is 5.47. The van der Waals surface area contributed by atoms with E-state index < -0.39 is 24.2 Å². The van der Waals surface area contributed by atoms with E-state index >= 15 is 0 Å². The van der Waals surface area contributed by atoms with Crippen LogP contribution in [-0.2, 0) is 19.1 Å². The average molecular weight is 520 g/mol. The van der Waals surface area contributed by atoms with Gasteiger partial charge in [0.05, 0.1) is 6.04 Å². The molecule has 1 N–H and O–H groups in total. The number of carbonyl (C=O) groups excluding carboxylic acids is 4. The number of piperazine rings is 1. The number of alkyl carbamates (subject to hydrolysis) is 1. The summed E-state index contributed by atoms with van der Waals surface area (Å²) in [5.41, 5.74) is 4.51. The summed E-state index contributed by atoms with van der Waals surface area (Å²) < 4.78 is 5.68. The molecule has 1 aliphatic carbocycles. The number of carbonyl (C=O) groups is 4. The lowest BCUT2D eigenvalue weighted by Gasteiger charge is -2.42.